The molecule has 2 unspecified atom stereocenters. The van der Waals surface area contributed by atoms with Crippen LogP contribution >= 0.6 is 8.58 Å². The van der Waals surface area contributed by atoms with Gasteiger partial charge in [-0.2, -0.15) is 0 Å². The number of ether oxygens (including phenoxy) is 1. The molecule has 0 aliphatic heterocycles. The highest BCUT2D eigenvalue weighted by Gasteiger charge is 2.32. The lowest BCUT2D eigenvalue weighted by molar-refractivity contribution is 0.101. The summed E-state index contributed by atoms with van der Waals surface area (Å²) in [5, 5.41) is 0.968. The average Bonchev–Trinajstić information content (AvgIpc) is 2.90. The van der Waals surface area contributed by atoms with Gasteiger partial charge in [-0.25, -0.2) is 0 Å². The summed E-state index contributed by atoms with van der Waals surface area (Å²) in [5.41, 5.74) is 7.14. The molecule has 0 saturated heterocycles. The van der Waals surface area contributed by atoms with Gasteiger partial charge in [-0.3, -0.25) is 4.79 Å². The van der Waals surface area contributed by atoms with Crippen molar-refractivity contribution in [3.05, 3.63) is 130 Å². The van der Waals surface area contributed by atoms with Crippen molar-refractivity contribution >= 4 is 19.7 Å². The minimum Gasteiger partial charge on any atom is -0.496 e. The van der Waals surface area contributed by atoms with Crippen molar-refractivity contribution in [2.75, 3.05) is 7.11 Å². The first kappa shape index (κ1) is 26.8. The molecule has 0 radical (unpaired) electrons. The first-order valence-corrected chi connectivity index (χ1v) is 14.1. The molecule has 2 atom stereocenters. The van der Waals surface area contributed by atoms with Gasteiger partial charge < -0.3 is 4.74 Å². The number of Topliss-reactive ketones (excluding diaryl/α,β-unsaturated/α-hetero) is 1. The molecule has 37 heavy (non-hydrogen) atoms. The van der Waals surface area contributed by atoms with E-state index in [2.05, 4.69) is 92.7 Å². The summed E-state index contributed by atoms with van der Waals surface area (Å²) in [6.45, 7) is 6.26. The van der Waals surface area contributed by atoms with Gasteiger partial charge in [0.25, 0.3) is 0 Å². The SMILES string of the molecule is CCCC(C)(Pc1ccccc1C(C)=O)c1cc(Cc2ccccc2)cc(Cc2ccccc2)c1OC. The Morgan fingerprint density at radius 2 is 1.41 bits per heavy atom. The van der Waals surface area contributed by atoms with Crippen LogP contribution in [0.3, 0.4) is 0 Å². The highest BCUT2D eigenvalue weighted by Crippen LogP contribution is 2.50. The molecule has 2 nitrogen and oxygen atoms in total. The second kappa shape index (κ2) is 12.3. The van der Waals surface area contributed by atoms with E-state index in [-0.39, 0.29) is 10.9 Å². The number of methoxy groups -OCH3 is 1. The quantitative estimate of drug-likeness (QED) is 0.151. The molecule has 4 rings (SSSR count). The Labute approximate surface area is 223 Å². The predicted molar refractivity (Wildman–Crippen MR) is 158 cm³/mol. The van der Waals surface area contributed by atoms with E-state index in [0.29, 0.717) is 8.58 Å². The molecular formula is C34H37O2P. The molecule has 0 aliphatic rings. The molecule has 0 aromatic heterocycles. The van der Waals surface area contributed by atoms with Crippen molar-refractivity contribution < 1.29 is 9.53 Å². The van der Waals surface area contributed by atoms with Gasteiger partial charge in [0, 0.05) is 22.7 Å². The smallest absolute Gasteiger partial charge is 0.160 e. The van der Waals surface area contributed by atoms with E-state index in [1.807, 2.05) is 18.2 Å². The van der Waals surface area contributed by atoms with E-state index >= 15 is 0 Å². The lowest BCUT2D eigenvalue weighted by Gasteiger charge is -2.34. The molecule has 0 amide bonds. The first-order chi connectivity index (χ1) is 17.9. The second-order valence-electron chi connectivity index (χ2n) is 9.97. The number of rotatable bonds is 11. The van der Waals surface area contributed by atoms with Crippen LogP contribution < -0.4 is 10.0 Å². The van der Waals surface area contributed by atoms with Crippen LogP contribution in [0.1, 0.15) is 71.8 Å². The van der Waals surface area contributed by atoms with Gasteiger partial charge in [0.1, 0.15) is 5.75 Å². The Kier molecular flexibility index (Phi) is 8.95. The monoisotopic (exact) mass is 508 g/mol. The van der Waals surface area contributed by atoms with E-state index in [0.717, 1.165) is 42.3 Å². The normalized spacial score (nSPS) is 13.0. The zero-order chi connectivity index (χ0) is 26.3. The van der Waals surface area contributed by atoms with Crippen molar-refractivity contribution in [3.63, 3.8) is 0 Å². The molecule has 0 fully saturated rings. The van der Waals surface area contributed by atoms with Crippen LogP contribution in [0.4, 0.5) is 0 Å². The Balaban J connectivity index is 1.87. The third-order valence-electron chi connectivity index (χ3n) is 6.98. The van der Waals surface area contributed by atoms with Crippen molar-refractivity contribution in [1.29, 1.82) is 0 Å². The fourth-order valence-corrected chi connectivity index (χ4v) is 7.11. The Bertz CT molecular complexity index is 1330. The topological polar surface area (TPSA) is 26.3 Å². The number of benzene rings is 4. The summed E-state index contributed by atoms with van der Waals surface area (Å²) >= 11 is 0. The Hall–Kier alpha value is -3.22. The zero-order valence-electron chi connectivity index (χ0n) is 22.4. The minimum atomic E-state index is -0.163. The van der Waals surface area contributed by atoms with E-state index < -0.39 is 0 Å². The van der Waals surface area contributed by atoms with Gasteiger partial charge in [0.05, 0.1) is 7.11 Å². The van der Waals surface area contributed by atoms with Gasteiger partial charge in [0.2, 0.25) is 0 Å². The maximum absolute atomic E-state index is 12.5. The summed E-state index contributed by atoms with van der Waals surface area (Å²) in [5.74, 6) is 1.10. The van der Waals surface area contributed by atoms with Crippen LogP contribution in [-0.2, 0) is 18.0 Å². The summed E-state index contributed by atoms with van der Waals surface area (Å²) in [6, 6.07) is 34.0. The number of ketones is 1. The lowest BCUT2D eigenvalue weighted by Crippen LogP contribution is -2.23. The molecule has 0 bridgehead atoms. The van der Waals surface area contributed by atoms with Gasteiger partial charge in [0.15, 0.2) is 5.78 Å². The summed E-state index contributed by atoms with van der Waals surface area (Å²) < 4.78 is 6.20. The highest BCUT2D eigenvalue weighted by atomic mass is 31.1. The van der Waals surface area contributed by atoms with Crippen molar-refractivity contribution in [1.82, 2.24) is 0 Å². The summed E-state index contributed by atoms with van der Waals surface area (Å²) in [4.78, 5) is 12.5. The molecule has 190 valence electrons. The maximum atomic E-state index is 12.5. The Morgan fingerprint density at radius 1 is 0.811 bits per heavy atom. The maximum Gasteiger partial charge on any atom is 0.160 e. The second-order valence-corrected chi connectivity index (χ2v) is 11.9. The number of hydrogen-bond donors (Lipinski definition) is 0. The van der Waals surface area contributed by atoms with E-state index in [4.69, 9.17) is 4.74 Å². The van der Waals surface area contributed by atoms with Gasteiger partial charge in [-0.1, -0.05) is 126 Å². The number of carbonyl (C=O) groups excluding carboxylic acids is 1. The molecule has 3 heteroatoms. The van der Waals surface area contributed by atoms with Crippen LogP contribution in [0.15, 0.2) is 97.1 Å². The average molecular weight is 509 g/mol. The highest BCUT2D eigenvalue weighted by molar-refractivity contribution is 7.48. The van der Waals surface area contributed by atoms with E-state index in [9.17, 15) is 4.79 Å². The predicted octanol–water partition coefficient (Wildman–Crippen LogP) is 8.10. The fourth-order valence-electron chi connectivity index (χ4n) is 5.25. The summed E-state index contributed by atoms with van der Waals surface area (Å²) in [7, 11) is 2.25. The number of carbonyl (C=O) groups is 1. The molecule has 0 N–H and O–H groups in total. The largest absolute Gasteiger partial charge is 0.496 e. The molecule has 0 heterocycles. The Morgan fingerprint density at radius 3 is 2.00 bits per heavy atom. The number of hydrogen-bond acceptors (Lipinski definition) is 2. The van der Waals surface area contributed by atoms with Gasteiger partial charge >= 0.3 is 0 Å². The van der Waals surface area contributed by atoms with Crippen LogP contribution in [0, 0.1) is 0 Å². The molecule has 4 aromatic carbocycles. The summed E-state index contributed by atoms with van der Waals surface area (Å²) in [6.07, 6.45) is 3.74. The van der Waals surface area contributed by atoms with Crippen molar-refractivity contribution in [2.24, 2.45) is 0 Å². The third-order valence-corrected chi connectivity index (χ3v) is 8.76. The van der Waals surface area contributed by atoms with Crippen LogP contribution in [0.25, 0.3) is 0 Å². The van der Waals surface area contributed by atoms with Gasteiger partial charge in [-0.05, 0) is 47.3 Å². The fraction of sp³-hybridized carbons (Fsp3) is 0.265. The molecule has 0 aliphatic carbocycles. The lowest BCUT2D eigenvalue weighted by atomic mass is 9.88. The van der Waals surface area contributed by atoms with Crippen LogP contribution in [0.2, 0.25) is 0 Å². The van der Waals surface area contributed by atoms with Gasteiger partial charge in [-0.15, -0.1) is 0 Å². The first-order valence-electron chi connectivity index (χ1n) is 13.1. The molecule has 0 spiro atoms. The standard InChI is InChI=1S/C34H37O2P/c1-5-20-34(3,37-32-19-13-12-18-30(32)25(2)35)31-24-28(21-26-14-8-6-9-15-26)23-29(33(31)36-4)22-27-16-10-7-11-17-27/h6-19,23-24,37H,5,20-22H2,1-4H3. The molecular weight excluding hydrogens is 471 g/mol. The van der Waals surface area contributed by atoms with E-state index in [1.165, 1.54) is 27.8 Å². The molecule has 0 saturated carbocycles. The van der Waals surface area contributed by atoms with Crippen LogP contribution in [0.5, 0.6) is 5.75 Å². The zero-order valence-corrected chi connectivity index (χ0v) is 23.4. The van der Waals surface area contributed by atoms with Crippen LogP contribution in [-0.4, -0.2) is 12.9 Å². The van der Waals surface area contributed by atoms with Crippen molar-refractivity contribution in [2.45, 2.75) is 51.6 Å². The van der Waals surface area contributed by atoms with E-state index in [1.54, 1.807) is 14.0 Å². The van der Waals surface area contributed by atoms with Crippen molar-refractivity contribution in [3.8, 4) is 5.75 Å². The minimum absolute atomic E-state index is 0.122. The molecule has 4 aromatic rings. The third kappa shape index (κ3) is 6.56.